The monoisotopic (exact) mass is 453 g/mol. The smallest absolute Gasteiger partial charge is 0.416 e. The number of hydrogen-bond acceptors (Lipinski definition) is 3. The summed E-state index contributed by atoms with van der Waals surface area (Å²) in [6, 6.07) is 20.9. The second-order valence-corrected chi connectivity index (χ2v) is 7.25. The normalized spacial score (nSPS) is 12.1. The van der Waals surface area contributed by atoms with Crippen LogP contribution < -0.4 is 4.74 Å². The minimum absolute atomic E-state index is 0.0345. The van der Waals surface area contributed by atoms with Crippen molar-refractivity contribution in [3.8, 4) is 11.5 Å². The summed E-state index contributed by atoms with van der Waals surface area (Å²) in [6.45, 7) is 0.0553. The molecule has 3 rings (SSSR count). The first-order valence-corrected chi connectivity index (χ1v) is 9.67. The molecular weight excluding hydrogens is 438 g/mol. The van der Waals surface area contributed by atoms with E-state index in [0.717, 1.165) is 17.7 Å². The summed E-state index contributed by atoms with van der Waals surface area (Å²) in [5.74, 6) is 1.18. The zero-order valence-corrected chi connectivity index (χ0v) is 17.0. The molecule has 8 heteroatoms. The highest BCUT2D eigenvalue weighted by Crippen LogP contribution is 2.31. The molecule has 0 saturated heterocycles. The highest BCUT2D eigenvalue weighted by Gasteiger charge is 2.30. The number of ether oxygens (including phenoxy) is 2. The Morgan fingerprint density at radius 1 is 0.867 bits per heavy atom. The molecule has 0 saturated carbocycles. The molecule has 0 aromatic heterocycles. The molecule has 0 spiro atoms. The molecule has 30 heavy (non-hydrogen) atoms. The molecule has 0 aliphatic rings. The predicted octanol–water partition coefficient (Wildman–Crippen LogP) is 7.55. The van der Waals surface area contributed by atoms with Crippen LogP contribution in [0.25, 0.3) is 0 Å². The van der Waals surface area contributed by atoms with Crippen molar-refractivity contribution < 1.29 is 22.6 Å². The zero-order valence-electron chi connectivity index (χ0n) is 15.4. The molecule has 0 unspecified atom stereocenters. The molecule has 0 bridgehead atoms. The Bertz CT molecular complexity index is 1010. The summed E-state index contributed by atoms with van der Waals surface area (Å²) in [7, 11) is 0. The van der Waals surface area contributed by atoms with Crippen LogP contribution in [-0.2, 0) is 17.5 Å². The van der Waals surface area contributed by atoms with Crippen molar-refractivity contribution in [2.45, 2.75) is 17.6 Å². The van der Waals surface area contributed by atoms with Gasteiger partial charge in [-0.1, -0.05) is 59.6 Å². The lowest BCUT2D eigenvalue weighted by atomic mass is 10.2. The number of para-hydroxylation sites is 1. The largest absolute Gasteiger partial charge is 0.474 e. The van der Waals surface area contributed by atoms with Crippen molar-refractivity contribution in [1.29, 1.82) is 0 Å². The molecule has 156 valence electrons. The minimum Gasteiger partial charge on any atom is -0.474 e. The van der Waals surface area contributed by atoms with Crippen molar-refractivity contribution in [1.82, 2.24) is 0 Å². The summed E-state index contributed by atoms with van der Waals surface area (Å²) in [5.41, 5.74) is -0.0454. The van der Waals surface area contributed by atoms with E-state index in [4.69, 9.17) is 32.7 Å². The molecule has 0 atom stereocenters. The Hall–Kier alpha value is -2.70. The molecule has 0 aliphatic carbocycles. The zero-order chi connectivity index (χ0) is 21.6. The maximum absolute atomic E-state index is 12.9. The average molecular weight is 454 g/mol. The van der Waals surface area contributed by atoms with E-state index in [-0.39, 0.29) is 18.2 Å². The van der Waals surface area contributed by atoms with Crippen molar-refractivity contribution in [3.05, 3.63) is 90.0 Å². The Kier molecular flexibility index (Phi) is 7.24. The number of rotatable bonds is 6. The lowest BCUT2D eigenvalue weighted by molar-refractivity contribution is -0.137. The molecule has 0 radical (unpaired) electrons. The third kappa shape index (κ3) is 6.40. The Labute approximate surface area is 181 Å². The van der Waals surface area contributed by atoms with Crippen LogP contribution in [0, 0.1) is 0 Å². The van der Waals surface area contributed by atoms with E-state index in [9.17, 15) is 13.2 Å². The topological polar surface area (TPSA) is 30.8 Å². The quantitative estimate of drug-likeness (QED) is 0.219. The van der Waals surface area contributed by atoms with Crippen molar-refractivity contribution in [2.24, 2.45) is 4.99 Å². The molecule has 3 aromatic rings. The molecule has 0 N–H and O–H groups in total. The molecule has 0 aliphatic heterocycles. The second-order valence-electron chi connectivity index (χ2n) is 6.15. The molecule has 0 fully saturated rings. The Balaban J connectivity index is 1.72. The van der Waals surface area contributed by atoms with E-state index in [1.54, 1.807) is 24.3 Å². The van der Waals surface area contributed by atoms with Crippen LogP contribution in [0.3, 0.4) is 0 Å². The second kappa shape index (κ2) is 9.87. The van der Waals surface area contributed by atoms with E-state index in [1.807, 2.05) is 30.3 Å². The number of aliphatic imine (C=N–C) groups is 1. The Morgan fingerprint density at radius 2 is 1.57 bits per heavy atom. The first-order valence-electron chi connectivity index (χ1n) is 8.80. The van der Waals surface area contributed by atoms with E-state index in [0.29, 0.717) is 11.5 Å². The fourth-order valence-electron chi connectivity index (χ4n) is 2.50. The molecule has 3 nitrogen and oxygen atoms in total. The fourth-order valence-corrected chi connectivity index (χ4v) is 2.73. The Morgan fingerprint density at radius 3 is 2.27 bits per heavy atom. The highest BCUT2D eigenvalue weighted by molar-refractivity contribution is 6.53. The van der Waals surface area contributed by atoms with Crippen LogP contribution in [0.4, 0.5) is 18.9 Å². The van der Waals surface area contributed by atoms with Gasteiger partial charge in [0, 0.05) is 0 Å². The average Bonchev–Trinajstić information content (AvgIpc) is 2.71. The predicted molar refractivity (Wildman–Crippen MR) is 112 cm³/mol. The number of hydrogen-bond donors (Lipinski definition) is 0. The lowest BCUT2D eigenvalue weighted by Crippen LogP contribution is -2.13. The lowest BCUT2D eigenvalue weighted by Gasteiger charge is -2.12. The van der Waals surface area contributed by atoms with Gasteiger partial charge >= 0.3 is 6.18 Å². The van der Waals surface area contributed by atoms with Gasteiger partial charge in [0.15, 0.2) is 4.84 Å². The highest BCUT2D eigenvalue weighted by atomic mass is 35.5. The van der Waals surface area contributed by atoms with Crippen LogP contribution in [0.15, 0.2) is 83.9 Å². The van der Waals surface area contributed by atoms with E-state index in [2.05, 4.69) is 4.99 Å². The van der Waals surface area contributed by atoms with E-state index >= 15 is 0 Å². The van der Waals surface area contributed by atoms with Gasteiger partial charge < -0.3 is 9.47 Å². The van der Waals surface area contributed by atoms with Crippen molar-refractivity contribution in [2.75, 3.05) is 0 Å². The van der Waals surface area contributed by atoms with Gasteiger partial charge in [-0.05, 0) is 48.0 Å². The van der Waals surface area contributed by atoms with Gasteiger partial charge in [-0.25, -0.2) is 4.99 Å². The summed E-state index contributed by atoms with van der Waals surface area (Å²) < 4.78 is 50.0. The first kappa shape index (κ1) is 22.0. The minimum atomic E-state index is -4.48. The van der Waals surface area contributed by atoms with Crippen LogP contribution >= 0.6 is 23.2 Å². The van der Waals surface area contributed by atoms with Gasteiger partial charge in [0.05, 0.1) is 11.3 Å². The maximum Gasteiger partial charge on any atom is 0.416 e. The summed E-state index contributed by atoms with van der Waals surface area (Å²) in [4.78, 5) is 2.89. The van der Waals surface area contributed by atoms with E-state index < -0.39 is 16.6 Å². The number of nitrogens with zero attached hydrogens (tertiary/aromatic N) is 1. The van der Waals surface area contributed by atoms with Gasteiger partial charge in [-0.15, -0.1) is 0 Å². The van der Waals surface area contributed by atoms with Gasteiger partial charge in [-0.3, -0.25) is 0 Å². The molecule has 0 amide bonds. The van der Waals surface area contributed by atoms with Crippen LogP contribution in [0.1, 0.15) is 11.1 Å². The molecule has 0 heterocycles. The van der Waals surface area contributed by atoms with Crippen molar-refractivity contribution >= 4 is 34.8 Å². The standard InChI is InChI=1S/C22H16Cl2F3NO2/c23-20(24)21(28-17-8-5-7-16(13-17)22(25,26)27)29-14-15-6-4-11-19(12-15)30-18-9-2-1-3-10-18/h1-13,20H,14H2/b28-21+. The third-order valence-electron chi connectivity index (χ3n) is 3.86. The van der Waals surface area contributed by atoms with Crippen molar-refractivity contribution in [3.63, 3.8) is 0 Å². The summed E-state index contributed by atoms with van der Waals surface area (Å²) >= 11 is 11.8. The number of halogens is 5. The third-order valence-corrected chi connectivity index (χ3v) is 4.24. The van der Waals surface area contributed by atoms with Crippen LogP contribution in [0.5, 0.6) is 11.5 Å². The number of benzene rings is 3. The van der Waals surface area contributed by atoms with Gasteiger partial charge in [0.25, 0.3) is 0 Å². The summed E-state index contributed by atoms with van der Waals surface area (Å²) in [6.07, 6.45) is -4.48. The van der Waals surface area contributed by atoms with Gasteiger partial charge in [0.1, 0.15) is 18.1 Å². The molecular formula is C22H16Cl2F3NO2. The SMILES string of the molecule is FC(F)(F)c1cccc(/N=C(/OCc2cccc(Oc3ccccc3)c2)C(Cl)Cl)c1. The number of alkyl halides is 5. The molecule has 3 aromatic carbocycles. The van der Waals surface area contributed by atoms with Gasteiger partial charge in [-0.2, -0.15) is 13.2 Å². The fraction of sp³-hybridized carbons (Fsp3) is 0.136. The van der Waals surface area contributed by atoms with E-state index in [1.165, 1.54) is 12.1 Å². The van der Waals surface area contributed by atoms with Gasteiger partial charge in [0.2, 0.25) is 5.90 Å². The van der Waals surface area contributed by atoms with Crippen LogP contribution in [0.2, 0.25) is 0 Å². The maximum atomic E-state index is 12.9. The first-order chi connectivity index (χ1) is 14.3. The van der Waals surface area contributed by atoms with Crippen LogP contribution in [-0.4, -0.2) is 10.7 Å². The summed E-state index contributed by atoms with van der Waals surface area (Å²) in [5, 5.41) is 0.